The average Bonchev–Trinajstić information content (AvgIpc) is 2.47. The Balaban J connectivity index is 0.00000180. The molecule has 0 bridgehead atoms. The van der Waals surface area contributed by atoms with E-state index in [9.17, 15) is 4.79 Å². The van der Waals surface area contributed by atoms with Crippen molar-refractivity contribution < 1.29 is 4.79 Å². The van der Waals surface area contributed by atoms with E-state index in [2.05, 4.69) is 0 Å². The van der Waals surface area contributed by atoms with Crippen molar-refractivity contribution >= 4 is 46.8 Å². The number of halogens is 1. The minimum atomic E-state index is 0. The number of benzene rings is 1. The zero-order valence-corrected chi connectivity index (χ0v) is 14.0. The Morgan fingerprint density at radius 1 is 1.11 bits per heavy atom. The molecule has 1 heterocycles. The van der Waals surface area contributed by atoms with Gasteiger partial charge in [0.15, 0.2) is 5.17 Å². The number of nitrogens with zero attached hydrogens (tertiary/aromatic N) is 2. The fraction of sp³-hybridized carbons (Fsp3) is 0.385. The van der Waals surface area contributed by atoms with Crippen molar-refractivity contribution in [2.45, 2.75) is 0 Å². The standard InChI is InChI=1S/C13H17N3OS.HI/c1-18-13(14)16-9-7-15(8-10-16)12(17)11-5-3-2-4-6-11;/h2-6,14H,7-10H2,1H3;1H. The number of nitrogens with one attached hydrogen (secondary N) is 1. The molecule has 0 spiro atoms. The highest BCUT2D eigenvalue weighted by molar-refractivity contribution is 14.0. The Labute approximate surface area is 135 Å². The molecule has 0 atom stereocenters. The molecular formula is C13H18IN3OS. The predicted molar refractivity (Wildman–Crippen MR) is 90.6 cm³/mol. The third kappa shape index (κ3) is 4.10. The number of hydrogen-bond donors (Lipinski definition) is 1. The molecule has 1 saturated heterocycles. The summed E-state index contributed by atoms with van der Waals surface area (Å²) >= 11 is 1.44. The predicted octanol–water partition coefficient (Wildman–Crippen LogP) is 2.36. The van der Waals surface area contributed by atoms with Crippen LogP contribution in [0.5, 0.6) is 0 Å². The van der Waals surface area contributed by atoms with Gasteiger partial charge < -0.3 is 9.80 Å². The molecule has 0 saturated carbocycles. The summed E-state index contributed by atoms with van der Waals surface area (Å²) in [7, 11) is 0. The Bertz CT molecular complexity index is 433. The van der Waals surface area contributed by atoms with Crippen molar-refractivity contribution in [1.82, 2.24) is 9.80 Å². The van der Waals surface area contributed by atoms with Crippen molar-refractivity contribution in [3.8, 4) is 0 Å². The second kappa shape index (κ2) is 7.74. The molecule has 0 aromatic heterocycles. The summed E-state index contributed by atoms with van der Waals surface area (Å²) in [5.74, 6) is 0.0888. The third-order valence-electron chi connectivity index (χ3n) is 3.07. The zero-order valence-electron chi connectivity index (χ0n) is 10.8. The van der Waals surface area contributed by atoms with E-state index < -0.39 is 0 Å². The number of piperazine rings is 1. The highest BCUT2D eigenvalue weighted by Gasteiger charge is 2.22. The maximum Gasteiger partial charge on any atom is 0.253 e. The highest BCUT2D eigenvalue weighted by atomic mass is 127. The molecule has 2 rings (SSSR count). The minimum absolute atomic E-state index is 0. The number of amides is 1. The first-order valence-corrected chi connectivity index (χ1v) is 7.16. The van der Waals surface area contributed by atoms with Crippen molar-refractivity contribution in [3.05, 3.63) is 35.9 Å². The lowest BCUT2D eigenvalue weighted by Crippen LogP contribution is -2.49. The molecule has 1 aromatic rings. The van der Waals surface area contributed by atoms with Gasteiger partial charge in [-0.15, -0.1) is 24.0 Å². The first-order chi connectivity index (χ1) is 8.72. The summed E-state index contributed by atoms with van der Waals surface area (Å²) in [5.41, 5.74) is 0.742. The van der Waals surface area contributed by atoms with Crippen molar-refractivity contribution in [3.63, 3.8) is 0 Å². The maximum absolute atomic E-state index is 12.2. The fourth-order valence-electron chi connectivity index (χ4n) is 2.01. The lowest BCUT2D eigenvalue weighted by atomic mass is 10.2. The summed E-state index contributed by atoms with van der Waals surface area (Å²) in [6, 6.07) is 9.37. The van der Waals surface area contributed by atoms with Gasteiger partial charge in [-0.25, -0.2) is 0 Å². The van der Waals surface area contributed by atoms with Gasteiger partial charge in [0.1, 0.15) is 0 Å². The van der Waals surface area contributed by atoms with E-state index >= 15 is 0 Å². The van der Waals surface area contributed by atoms with Gasteiger partial charge in [0.05, 0.1) is 0 Å². The highest BCUT2D eigenvalue weighted by Crippen LogP contribution is 2.11. The summed E-state index contributed by atoms with van der Waals surface area (Å²) in [6.45, 7) is 2.88. The van der Waals surface area contributed by atoms with Crippen molar-refractivity contribution in [2.24, 2.45) is 0 Å². The Morgan fingerprint density at radius 3 is 2.16 bits per heavy atom. The summed E-state index contributed by atoms with van der Waals surface area (Å²) in [5, 5.41) is 8.34. The lowest BCUT2D eigenvalue weighted by Gasteiger charge is -2.35. The zero-order chi connectivity index (χ0) is 13.0. The molecule has 1 amide bonds. The molecule has 1 aromatic carbocycles. The topological polar surface area (TPSA) is 47.4 Å². The lowest BCUT2D eigenvalue weighted by molar-refractivity contribution is 0.0693. The van der Waals surface area contributed by atoms with Crippen LogP contribution < -0.4 is 0 Å². The van der Waals surface area contributed by atoms with Crippen LogP contribution in [0.25, 0.3) is 0 Å². The van der Waals surface area contributed by atoms with Gasteiger partial charge in [-0.05, 0) is 18.4 Å². The van der Waals surface area contributed by atoms with Gasteiger partial charge in [0.2, 0.25) is 0 Å². The Morgan fingerprint density at radius 2 is 1.63 bits per heavy atom. The molecule has 1 fully saturated rings. The molecule has 104 valence electrons. The van der Waals surface area contributed by atoms with Gasteiger partial charge >= 0.3 is 0 Å². The first-order valence-electron chi connectivity index (χ1n) is 5.94. The van der Waals surface area contributed by atoms with Crippen LogP contribution >= 0.6 is 35.7 Å². The van der Waals surface area contributed by atoms with E-state index in [1.54, 1.807) is 0 Å². The number of rotatable bonds is 1. The van der Waals surface area contributed by atoms with Crippen LogP contribution in [0, 0.1) is 5.41 Å². The Hall–Kier alpha value is -0.760. The van der Waals surface area contributed by atoms with Crippen molar-refractivity contribution in [1.29, 1.82) is 5.41 Å². The number of thioether (sulfide) groups is 1. The van der Waals surface area contributed by atoms with Crippen LogP contribution in [0.2, 0.25) is 0 Å². The van der Waals surface area contributed by atoms with E-state index in [1.807, 2.05) is 46.4 Å². The third-order valence-corrected chi connectivity index (χ3v) is 3.71. The van der Waals surface area contributed by atoms with Crippen LogP contribution in [0.15, 0.2) is 30.3 Å². The van der Waals surface area contributed by atoms with Crippen molar-refractivity contribution in [2.75, 3.05) is 32.4 Å². The van der Waals surface area contributed by atoms with E-state index in [0.29, 0.717) is 18.3 Å². The number of carbonyl (C=O) groups is 1. The molecule has 0 aliphatic carbocycles. The van der Waals surface area contributed by atoms with Gasteiger partial charge in [0, 0.05) is 31.7 Å². The fourth-order valence-corrected chi connectivity index (χ4v) is 2.45. The number of amidine groups is 1. The largest absolute Gasteiger partial charge is 0.348 e. The van der Waals surface area contributed by atoms with Gasteiger partial charge in [-0.1, -0.05) is 30.0 Å². The number of hydrogen-bond acceptors (Lipinski definition) is 3. The van der Waals surface area contributed by atoms with Gasteiger partial charge in [0.25, 0.3) is 5.91 Å². The molecule has 1 aliphatic rings. The van der Waals surface area contributed by atoms with E-state index in [1.165, 1.54) is 11.8 Å². The molecule has 1 N–H and O–H groups in total. The molecule has 4 nitrogen and oxygen atoms in total. The molecule has 0 unspecified atom stereocenters. The SMILES string of the molecule is CSC(=N)N1CCN(C(=O)c2ccccc2)CC1.I. The maximum atomic E-state index is 12.2. The normalized spacial score (nSPS) is 14.8. The molecule has 0 radical (unpaired) electrons. The van der Waals surface area contributed by atoms with Crippen LogP contribution in [0.1, 0.15) is 10.4 Å². The van der Waals surface area contributed by atoms with E-state index in [4.69, 9.17) is 5.41 Å². The molecule has 1 aliphatic heterocycles. The Kier molecular flexibility index (Phi) is 6.64. The van der Waals surface area contributed by atoms with E-state index in [0.717, 1.165) is 18.7 Å². The smallest absolute Gasteiger partial charge is 0.253 e. The second-order valence-electron chi connectivity index (χ2n) is 4.15. The molecule has 6 heteroatoms. The molecule has 19 heavy (non-hydrogen) atoms. The van der Waals surface area contributed by atoms with Crippen LogP contribution in [-0.2, 0) is 0 Å². The first kappa shape index (κ1) is 16.3. The summed E-state index contributed by atoms with van der Waals surface area (Å²) in [4.78, 5) is 16.1. The van der Waals surface area contributed by atoms with Crippen LogP contribution in [-0.4, -0.2) is 53.3 Å². The monoisotopic (exact) mass is 391 g/mol. The van der Waals surface area contributed by atoms with Gasteiger partial charge in [-0.2, -0.15) is 0 Å². The second-order valence-corrected chi connectivity index (χ2v) is 4.95. The van der Waals surface area contributed by atoms with E-state index in [-0.39, 0.29) is 29.9 Å². The summed E-state index contributed by atoms with van der Waals surface area (Å²) in [6.07, 6.45) is 1.91. The quantitative estimate of drug-likeness (QED) is 0.454. The van der Waals surface area contributed by atoms with Crippen LogP contribution in [0.4, 0.5) is 0 Å². The minimum Gasteiger partial charge on any atom is -0.348 e. The molecular weight excluding hydrogens is 373 g/mol. The summed E-state index contributed by atoms with van der Waals surface area (Å²) < 4.78 is 0. The van der Waals surface area contributed by atoms with Gasteiger partial charge in [-0.3, -0.25) is 10.2 Å². The average molecular weight is 391 g/mol. The number of carbonyl (C=O) groups excluding carboxylic acids is 1. The van der Waals surface area contributed by atoms with Crippen LogP contribution in [0.3, 0.4) is 0 Å².